The van der Waals surface area contributed by atoms with Crippen molar-refractivity contribution in [1.29, 1.82) is 0 Å². The SMILES string of the molecule is CCCCC(Nc1c(C(C)C)cccc1C(C)C)c1cccc(-c2cccc3ccccc23)n1. The first-order valence-electron chi connectivity index (χ1n) is 12.8. The van der Waals surface area contributed by atoms with Crippen LogP contribution in [0.2, 0.25) is 0 Å². The molecule has 0 aliphatic heterocycles. The van der Waals surface area contributed by atoms with Gasteiger partial charge >= 0.3 is 0 Å². The molecule has 34 heavy (non-hydrogen) atoms. The largest absolute Gasteiger partial charge is 0.376 e. The van der Waals surface area contributed by atoms with Crippen molar-refractivity contribution >= 4 is 16.5 Å². The van der Waals surface area contributed by atoms with Gasteiger partial charge in [0.15, 0.2) is 0 Å². The zero-order valence-corrected chi connectivity index (χ0v) is 21.3. The fourth-order valence-electron chi connectivity index (χ4n) is 4.84. The zero-order chi connectivity index (χ0) is 24.1. The van der Waals surface area contributed by atoms with Gasteiger partial charge in [-0.15, -0.1) is 0 Å². The number of para-hydroxylation sites is 1. The van der Waals surface area contributed by atoms with E-state index in [4.69, 9.17) is 4.98 Å². The van der Waals surface area contributed by atoms with Gasteiger partial charge in [0.1, 0.15) is 0 Å². The summed E-state index contributed by atoms with van der Waals surface area (Å²) in [5.74, 6) is 0.922. The molecule has 1 N–H and O–H groups in total. The number of fused-ring (bicyclic) bond motifs is 1. The molecular formula is C32H38N2. The molecule has 1 heterocycles. The Morgan fingerprint density at radius 2 is 1.38 bits per heavy atom. The van der Waals surface area contributed by atoms with E-state index < -0.39 is 0 Å². The molecule has 4 rings (SSSR count). The van der Waals surface area contributed by atoms with Crippen molar-refractivity contribution in [2.45, 2.75) is 71.8 Å². The summed E-state index contributed by atoms with van der Waals surface area (Å²) in [7, 11) is 0. The number of nitrogens with one attached hydrogen (secondary N) is 1. The van der Waals surface area contributed by atoms with Gasteiger partial charge in [-0.1, -0.05) is 114 Å². The van der Waals surface area contributed by atoms with E-state index >= 15 is 0 Å². The van der Waals surface area contributed by atoms with Crippen molar-refractivity contribution in [1.82, 2.24) is 4.98 Å². The number of unbranched alkanes of at least 4 members (excludes halogenated alkanes) is 1. The van der Waals surface area contributed by atoms with Gasteiger partial charge in [0, 0.05) is 11.3 Å². The minimum atomic E-state index is 0.173. The third-order valence-electron chi connectivity index (χ3n) is 6.73. The van der Waals surface area contributed by atoms with E-state index in [1.807, 2.05) is 0 Å². The Hall–Kier alpha value is -3.13. The molecule has 0 saturated heterocycles. The van der Waals surface area contributed by atoms with Gasteiger partial charge < -0.3 is 5.32 Å². The van der Waals surface area contributed by atoms with Gasteiger partial charge in [-0.25, -0.2) is 0 Å². The Morgan fingerprint density at radius 1 is 0.735 bits per heavy atom. The molecule has 0 spiro atoms. The Labute approximate surface area is 205 Å². The predicted octanol–water partition coefficient (Wildman–Crippen LogP) is 9.49. The highest BCUT2D eigenvalue weighted by molar-refractivity contribution is 5.95. The fraction of sp³-hybridized carbons (Fsp3) is 0.344. The van der Waals surface area contributed by atoms with Crippen LogP contribution in [0, 0.1) is 0 Å². The molecule has 1 unspecified atom stereocenters. The normalized spacial score (nSPS) is 12.4. The maximum atomic E-state index is 5.23. The van der Waals surface area contributed by atoms with Gasteiger partial charge in [-0.2, -0.15) is 0 Å². The van der Waals surface area contributed by atoms with Crippen LogP contribution in [0.5, 0.6) is 0 Å². The van der Waals surface area contributed by atoms with Crippen molar-refractivity contribution in [2.75, 3.05) is 5.32 Å². The highest BCUT2D eigenvalue weighted by Gasteiger charge is 2.20. The molecule has 176 valence electrons. The Bertz CT molecular complexity index is 1210. The molecule has 1 atom stereocenters. The maximum absolute atomic E-state index is 5.23. The summed E-state index contributed by atoms with van der Waals surface area (Å²) in [5, 5.41) is 6.48. The van der Waals surface area contributed by atoms with Crippen molar-refractivity contribution in [3.05, 3.63) is 95.7 Å². The molecule has 0 amide bonds. The first kappa shape index (κ1) is 24.0. The quantitative estimate of drug-likeness (QED) is 0.274. The van der Waals surface area contributed by atoms with Crippen LogP contribution < -0.4 is 5.32 Å². The van der Waals surface area contributed by atoms with E-state index in [2.05, 4.69) is 119 Å². The molecule has 0 radical (unpaired) electrons. The maximum Gasteiger partial charge on any atom is 0.0712 e. The summed E-state index contributed by atoms with van der Waals surface area (Å²) in [6, 6.07) is 28.5. The number of nitrogens with zero attached hydrogens (tertiary/aromatic N) is 1. The van der Waals surface area contributed by atoms with Crippen LogP contribution in [0.1, 0.15) is 88.6 Å². The number of hydrogen-bond acceptors (Lipinski definition) is 2. The van der Waals surface area contributed by atoms with Crippen LogP contribution in [0.4, 0.5) is 5.69 Å². The zero-order valence-electron chi connectivity index (χ0n) is 21.3. The van der Waals surface area contributed by atoms with Gasteiger partial charge in [-0.05, 0) is 52.3 Å². The lowest BCUT2D eigenvalue weighted by molar-refractivity contribution is 0.619. The Morgan fingerprint density at radius 3 is 2.09 bits per heavy atom. The molecule has 2 nitrogen and oxygen atoms in total. The standard InChI is InChI=1S/C32H38N2/c1-6-7-19-31(34-32-25(22(2)3)16-11-17-26(32)23(4)5)30-21-12-20-29(33-30)28-18-10-14-24-13-8-9-15-27(24)28/h8-18,20-23,31,34H,6-7,19H2,1-5H3. The first-order valence-corrected chi connectivity index (χ1v) is 12.8. The molecule has 2 heteroatoms. The Kier molecular flexibility index (Phi) is 7.67. The van der Waals surface area contributed by atoms with Crippen LogP contribution in [-0.2, 0) is 0 Å². The molecule has 0 aliphatic carbocycles. The van der Waals surface area contributed by atoms with Crippen LogP contribution in [-0.4, -0.2) is 4.98 Å². The number of aromatic nitrogens is 1. The van der Waals surface area contributed by atoms with Crippen molar-refractivity contribution in [2.24, 2.45) is 0 Å². The monoisotopic (exact) mass is 450 g/mol. The third kappa shape index (κ3) is 5.17. The number of hydrogen-bond donors (Lipinski definition) is 1. The molecule has 0 fully saturated rings. The summed E-state index contributed by atoms with van der Waals surface area (Å²) in [6.07, 6.45) is 3.40. The average molecular weight is 451 g/mol. The van der Waals surface area contributed by atoms with Crippen LogP contribution in [0.3, 0.4) is 0 Å². The fourth-order valence-corrected chi connectivity index (χ4v) is 4.84. The second-order valence-electron chi connectivity index (χ2n) is 9.93. The van der Waals surface area contributed by atoms with Crippen molar-refractivity contribution < 1.29 is 0 Å². The van der Waals surface area contributed by atoms with Crippen molar-refractivity contribution in [3.63, 3.8) is 0 Å². The average Bonchev–Trinajstić information content (AvgIpc) is 2.86. The molecule has 4 aromatic rings. The number of rotatable bonds is 9. The molecule has 0 saturated carbocycles. The predicted molar refractivity (Wildman–Crippen MR) is 148 cm³/mol. The molecule has 1 aromatic heterocycles. The highest BCUT2D eigenvalue weighted by Crippen LogP contribution is 2.36. The lowest BCUT2D eigenvalue weighted by Gasteiger charge is -2.26. The topological polar surface area (TPSA) is 24.9 Å². The number of anilines is 1. The lowest BCUT2D eigenvalue weighted by Crippen LogP contribution is -2.16. The van der Waals surface area contributed by atoms with Crippen molar-refractivity contribution in [3.8, 4) is 11.3 Å². The summed E-state index contributed by atoms with van der Waals surface area (Å²) in [6.45, 7) is 11.4. The highest BCUT2D eigenvalue weighted by atomic mass is 15.0. The van der Waals surface area contributed by atoms with Gasteiger partial charge in [0.05, 0.1) is 17.4 Å². The van der Waals surface area contributed by atoms with E-state index in [1.165, 1.54) is 46.0 Å². The summed E-state index contributed by atoms with van der Waals surface area (Å²) >= 11 is 0. The van der Waals surface area contributed by atoms with E-state index in [1.54, 1.807) is 0 Å². The van der Waals surface area contributed by atoms with E-state index in [0.717, 1.165) is 17.8 Å². The van der Waals surface area contributed by atoms with Gasteiger partial charge in [0.25, 0.3) is 0 Å². The number of pyridine rings is 1. The minimum absolute atomic E-state index is 0.173. The number of benzene rings is 3. The molecule has 0 aliphatic rings. The van der Waals surface area contributed by atoms with E-state index in [-0.39, 0.29) is 6.04 Å². The summed E-state index contributed by atoms with van der Waals surface area (Å²) in [5.41, 5.74) is 7.42. The lowest BCUT2D eigenvalue weighted by atomic mass is 9.91. The van der Waals surface area contributed by atoms with Gasteiger partial charge in [-0.3, -0.25) is 4.98 Å². The molecule has 0 bridgehead atoms. The smallest absolute Gasteiger partial charge is 0.0712 e. The van der Waals surface area contributed by atoms with E-state index in [9.17, 15) is 0 Å². The second-order valence-corrected chi connectivity index (χ2v) is 9.93. The van der Waals surface area contributed by atoms with Crippen LogP contribution in [0.25, 0.3) is 22.0 Å². The van der Waals surface area contributed by atoms with Gasteiger partial charge in [0.2, 0.25) is 0 Å². The summed E-state index contributed by atoms with van der Waals surface area (Å²) < 4.78 is 0. The van der Waals surface area contributed by atoms with Crippen LogP contribution in [0.15, 0.2) is 78.9 Å². The second kappa shape index (κ2) is 10.9. The third-order valence-corrected chi connectivity index (χ3v) is 6.73. The molecule has 3 aromatic carbocycles. The minimum Gasteiger partial charge on any atom is -0.376 e. The summed E-state index contributed by atoms with van der Waals surface area (Å²) in [4.78, 5) is 5.23. The first-order chi connectivity index (χ1) is 16.5. The Balaban J connectivity index is 1.77. The molecular weight excluding hydrogens is 412 g/mol. The van der Waals surface area contributed by atoms with E-state index in [0.29, 0.717) is 11.8 Å². The van der Waals surface area contributed by atoms with Crippen LogP contribution >= 0.6 is 0 Å².